The standard InChI is InChI=1S/C27H32ClF2NO6/c1-25(29,30)37-18-11-17(12-18)35-15-24(34)31-27-7-4-26(5-8-27,6-9-27)14-21(33)23-13-20(32)19-10-16(28)2-3-22(19)36-23/h2-3,10,17-18,23H,4-9,11-15H2,1H3,(H,31,34)/t17?,18?,23-,26?,27?/m1/s1. The van der Waals surface area contributed by atoms with Crippen molar-refractivity contribution in [2.75, 3.05) is 6.61 Å². The number of carbonyl (C=O) groups is 3. The maximum absolute atomic E-state index is 13.2. The molecule has 4 saturated carbocycles. The van der Waals surface area contributed by atoms with Crippen molar-refractivity contribution in [2.24, 2.45) is 5.41 Å². The predicted octanol–water partition coefficient (Wildman–Crippen LogP) is 5.02. The first-order valence-corrected chi connectivity index (χ1v) is 13.3. The van der Waals surface area contributed by atoms with Gasteiger partial charge in [0.05, 0.1) is 24.2 Å². The van der Waals surface area contributed by atoms with Gasteiger partial charge in [-0.2, -0.15) is 8.78 Å². The molecule has 0 saturated heterocycles. The number of fused-ring (bicyclic) bond motifs is 4. The van der Waals surface area contributed by atoms with Crippen LogP contribution in [0.25, 0.3) is 0 Å². The van der Waals surface area contributed by atoms with Crippen LogP contribution in [0, 0.1) is 5.41 Å². The molecule has 1 aromatic carbocycles. The molecule has 4 aliphatic carbocycles. The Kier molecular flexibility index (Phi) is 7.09. The molecule has 0 radical (unpaired) electrons. The summed E-state index contributed by atoms with van der Waals surface area (Å²) in [5, 5.41) is 3.60. The van der Waals surface area contributed by atoms with Gasteiger partial charge in [0, 0.05) is 36.7 Å². The highest BCUT2D eigenvalue weighted by molar-refractivity contribution is 6.31. The summed E-state index contributed by atoms with van der Waals surface area (Å²) in [6.07, 6.45) is 1.18. The van der Waals surface area contributed by atoms with Crippen LogP contribution < -0.4 is 10.1 Å². The predicted molar refractivity (Wildman–Crippen MR) is 130 cm³/mol. The maximum atomic E-state index is 13.2. The summed E-state index contributed by atoms with van der Waals surface area (Å²) >= 11 is 5.98. The summed E-state index contributed by atoms with van der Waals surface area (Å²) in [6.45, 7) is 0.610. The number of benzene rings is 1. The Labute approximate surface area is 219 Å². The van der Waals surface area contributed by atoms with Crippen molar-refractivity contribution in [1.29, 1.82) is 0 Å². The Morgan fingerprint density at radius 1 is 1.14 bits per heavy atom. The van der Waals surface area contributed by atoms with Crippen LogP contribution in [-0.4, -0.2) is 54.0 Å². The van der Waals surface area contributed by atoms with E-state index in [9.17, 15) is 23.2 Å². The van der Waals surface area contributed by atoms with Gasteiger partial charge in [-0.15, -0.1) is 0 Å². The van der Waals surface area contributed by atoms with Gasteiger partial charge in [0.2, 0.25) is 5.91 Å². The van der Waals surface area contributed by atoms with E-state index in [1.165, 1.54) is 0 Å². The van der Waals surface area contributed by atoms with Gasteiger partial charge in [-0.25, -0.2) is 0 Å². The lowest BCUT2D eigenvalue weighted by molar-refractivity contribution is -0.275. The minimum Gasteiger partial charge on any atom is -0.481 e. The lowest BCUT2D eigenvalue weighted by Gasteiger charge is -2.53. The monoisotopic (exact) mass is 539 g/mol. The third-order valence-corrected chi connectivity index (χ3v) is 8.71. The zero-order chi connectivity index (χ0) is 26.4. The molecule has 1 aliphatic heterocycles. The molecule has 0 aromatic heterocycles. The molecule has 1 heterocycles. The number of halogens is 3. The highest BCUT2D eigenvalue weighted by Gasteiger charge is 2.51. The van der Waals surface area contributed by atoms with E-state index < -0.39 is 18.3 Å². The maximum Gasteiger partial charge on any atom is 0.353 e. The quantitative estimate of drug-likeness (QED) is 0.474. The number of Topliss-reactive ketones (excluding diaryl/α,β-unsaturated/α-hetero) is 2. The number of rotatable bonds is 9. The molecular formula is C27H32ClF2NO6. The van der Waals surface area contributed by atoms with Crippen LogP contribution >= 0.6 is 11.6 Å². The Balaban J connectivity index is 1.07. The number of hydrogen-bond donors (Lipinski definition) is 1. The van der Waals surface area contributed by atoms with Crippen molar-refractivity contribution in [3.05, 3.63) is 28.8 Å². The number of nitrogens with one attached hydrogen (secondary N) is 1. The van der Waals surface area contributed by atoms with Gasteiger partial charge in [0.1, 0.15) is 12.4 Å². The molecule has 202 valence electrons. The lowest BCUT2D eigenvalue weighted by Crippen LogP contribution is -2.58. The Bertz CT molecular complexity index is 1060. The Morgan fingerprint density at radius 2 is 1.81 bits per heavy atom. The summed E-state index contributed by atoms with van der Waals surface area (Å²) in [6, 6.07) is 4.85. The highest BCUT2D eigenvalue weighted by atomic mass is 35.5. The van der Waals surface area contributed by atoms with E-state index in [4.69, 9.17) is 21.1 Å². The Hall–Kier alpha value is -2.10. The second-order valence-electron chi connectivity index (χ2n) is 11.3. The molecule has 2 bridgehead atoms. The van der Waals surface area contributed by atoms with E-state index in [0.717, 1.165) is 38.5 Å². The second kappa shape index (κ2) is 9.89. The molecule has 4 fully saturated rings. The van der Waals surface area contributed by atoms with E-state index in [0.29, 0.717) is 42.5 Å². The van der Waals surface area contributed by atoms with Gasteiger partial charge in [0.15, 0.2) is 17.7 Å². The van der Waals surface area contributed by atoms with E-state index in [1.54, 1.807) is 18.2 Å². The fourth-order valence-electron chi connectivity index (χ4n) is 6.24. The van der Waals surface area contributed by atoms with Crippen molar-refractivity contribution in [2.45, 2.75) is 101 Å². The molecule has 0 unspecified atom stereocenters. The third kappa shape index (κ3) is 5.99. The van der Waals surface area contributed by atoms with Gasteiger partial charge < -0.3 is 19.5 Å². The minimum atomic E-state index is -3.16. The molecule has 1 atom stereocenters. The van der Waals surface area contributed by atoms with Crippen molar-refractivity contribution in [3.8, 4) is 5.75 Å². The average molecular weight is 540 g/mol. The van der Waals surface area contributed by atoms with Crippen LogP contribution in [0.5, 0.6) is 5.75 Å². The summed E-state index contributed by atoms with van der Waals surface area (Å²) < 4.78 is 41.8. The Morgan fingerprint density at radius 3 is 2.46 bits per heavy atom. The molecule has 6 rings (SSSR count). The van der Waals surface area contributed by atoms with Crippen LogP contribution in [0.3, 0.4) is 0 Å². The molecule has 37 heavy (non-hydrogen) atoms. The van der Waals surface area contributed by atoms with Crippen molar-refractivity contribution in [1.82, 2.24) is 5.32 Å². The number of ether oxygens (including phenoxy) is 3. The molecule has 10 heteroatoms. The van der Waals surface area contributed by atoms with Crippen LogP contribution in [0.2, 0.25) is 5.02 Å². The molecule has 0 spiro atoms. The van der Waals surface area contributed by atoms with Gasteiger partial charge >= 0.3 is 6.11 Å². The number of carbonyl (C=O) groups excluding carboxylic acids is 3. The van der Waals surface area contributed by atoms with E-state index in [2.05, 4.69) is 10.1 Å². The normalized spacial score (nSPS) is 32.8. The van der Waals surface area contributed by atoms with Crippen LogP contribution in [-0.2, 0) is 19.1 Å². The number of amides is 1. The SMILES string of the molecule is CC(F)(F)OC1CC(OCC(=O)NC23CCC(CC(=O)[C@H]4CC(=O)c5cc(Cl)ccc5O4)(CC2)CC3)C1. The van der Waals surface area contributed by atoms with Crippen molar-refractivity contribution >= 4 is 29.1 Å². The number of alkyl halides is 2. The number of ketones is 2. The third-order valence-electron chi connectivity index (χ3n) is 8.47. The topological polar surface area (TPSA) is 90.9 Å². The highest BCUT2D eigenvalue weighted by Crippen LogP contribution is 2.54. The van der Waals surface area contributed by atoms with Crippen LogP contribution in [0.1, 0.15) is 81.5 Å². The number of hydrogen-bond acceptors (Lipinski definition) is 6. The molecule has 1 aromatic rings. The first-order chi connectivity index (χ1) is 17.4. The molecule has 1 N–H and O–H groups in total. The summed E-state index contributed by atoms with van der Waals surface area (Å²) in [7, 11) is 0. The zero-order valence-electron chi connectivity index (χ0n) is 20.8. The summed E-state index contributed by atoms with van der Waals surface area (Å²) in [5.41, 5.74) is -0.00629. The lowest BCUT2D eigenvalue weighted by atomic mass is 9.55. The molecule has 1 amide bonds. The first-order valence-electron chi connectivity index (χ1n) is 12.9. The summed E-state index contributed by atoms with van der Waals surface area (Å²) in [4.78, 5) is 38.3. The fraction of sp³-hybridized carbons (Fsp3) is 0.667. The average Bonchev–Trinajstić information content (AvgIpc) is 2.81. The fourth-order valence-corrected chi connectivity index (χ4v) is 6.41. The van der Waals surface area contributed by atoms with E-state index in [-0.39, 0.29) is 47.6 Å². The van der Waals surface area contributed by atoms with Crippen molar-refractivity contribution in [3.63, 3.8) is 0 Å². The van der Waals surface area contributed by atoms with Gasteiger partial charge in [-0.1, -0.05) is 11.6 Å². The van der Waals surface area contributed by atoms with Gasteiger partial charge in [-0.3, -0.25) is 14.4 Å². The van der Waals surface area contributed by atoms with Gasteiger partial charge in [-0.05, 0) is 62.1 Å². The van der Waals surface area contributed by atoms with Crippen LogP contribution in [0.4, 0.5) is 8.78 Å². The van der Waals surface area contributed by atoms with E-state index >= 15 is 0 Å². The van der Waals surface area contributed by atoms with Gasteiger partial charge in [0.25, 0.3) is 0 Å². The largest absolute Gasteiger partial charge is 0.481 e. The summed E-state index contributed by atoms with van der Waals surface area (Å²) in [5.74, 6) is 0.0121. The minimum absolute atomic E-state index is 0.0248. The zero-order valence-corrected chi connectivity index (χ0v) is 21.6. The molecular weight excluding hydrogens is 508 g/mol. The smallest absolute Gasteiger partial charge is 0.353 e. The molecule has 7 nitrogen and oxygen atoms in total. The molecule has 5 aliphatic rings. The first kappa shape index (κ1) is 26.5. The van der Waals surface area contributed by atoms with Crippen molar-refractivity contribution < 1.29 is 37.4 Å². The van der Waals surface area contributed by atoms with Crippen LogP contribution in [0.15, 0.2) is 18.2 Å². The van der Waals surface area contributed by atoms with E-state index in [1.807, 2.05) is 0 Å². The second-order valence-corrected chi connectivity index (χ2v) is 11.7.